The molecule has 0 radical (unpaired) electrons. The Morgan fingerprint density at radius 3 is 2.45 bits per heavy atom. The maximum atomic E-state index is 13.3. The fourth-order valence-corrected chi connectivity index (χ4v) is 3.63. The van der Waals surface area contributed by atoms with Crippen LogP contribution in [0.5, 0.6) is 0 Å². The van der Waals surface area contributed by atoms with Gasteiger partial charge in [-0.3, -0.25) is 19.6 Å². The molecule has 1 saturated carbocycles. The number of pyridine rings is 2. The van der Waals surface area contributed by atoms with E-state index in [1.54, 1.807) is 18.5 Å². The van der Waals surface area contributed by atoms with Crippen molar-refractivity contribution in [3.8, 4) is 11.3 Å². The Kier molecular flexibility index (Phi) is 5.21. The normalized spacial score (nSPS) is 14.3. The van der Waals surface area contributed by atoms with Crippen molar-refractivity contribution in [1.82, 2.24) is 14.9 Å². The van der Waals surface area contributed by atoms with Crippen molar-refractivity contribution in [1.29, 1.82) is 0 Å². The minimum Gasteiger partial charge on any atom is -0.333 e. The van der Waals surface area contributed by atoms with E-state index >= 15 is 0 Å². The lowest BCUT2D eigenvalue weighted by Gasteiger charge is -2.28. The highest BCUT2D eigenvalue weighted by atomic mass is 16.2. The molecule has 5 heteroatoms. The monoisotopic (exact) mass is 385 g/mol. The van der Waals surface area contributed by atoms with Gasteiger partial charge in [0.2, 0.25) is 0 Å². The predicted molar refractivity (Wildman–Crippen MR) is 111 cm³/mol. The molecule has 1 aliphatic carbocycles. The number of benzene rings is 1. The molecule has 1 amide bonds. The first-order valence-electron chi connectivity index (χ1n) is 9.80. The fourth-order valence-electron chi connectivity index (χ4n) is 3.63. The van der Waals surface area contributed by atoms with Crippen LogP contribution in [0, 0.1) is 5.92 Å². The van der Waals surface area contributed by atoms with Crippen LogP contribution in [0.1, 0.15) is 52.2 Å². The summed E-state index contributed by atoms with van der Waals surface area (Å²) in [4.78, 5) is 35.4. The Hall–Kier alpha value is -3.34. The highest BCUT2D eigenvalue weighted by molar-refractivity contribution is 5.96. The average molecular weight is 385 g/mol. The molecule has 146 valence electrons. The third-order valence-electron chi connectivity index (χ3n) is 5.37. The van der Waals surface area contributed by atoms with E-state index in [1.807, 2.05) is 60.5 Å². The summed E-state index contributed by atoms with van der Waals surface area (Å²) in [6.45, 7) is 1.52. The van der Waals surface area contributed by atoms with Gasteiger partial charge in [-0.1, -0.05) is 18.2 Å². The van der Waals surface area contributed by atoms with Crippen LogP contribution in [-0.4, -0.2) is 33.6 Å². The number of hydrogen-bond donors (Lipinski definition) is 0. The number of rotatable bonds is 6. The SMILES string of the molecule is CC(=O)c1ccc(-c2cccc(C(=O)N(C)[C@@H](c3ccccn3)C3CC3)c2)nc1. The van der Waals surface area contributed by atoms with Gasteiger partial charge in [-0.15, -0.1) is 0 Å². The number of carbonyl (C=O) groups is 2. The topological polar surface area (TPSA) is 63.2 Å². The molecular formula is C24H23N3O2. The Balaban J connectivity index is 1.60. The summed E-state index contributed by atoms with van der Waals surface area (Å²) in [6.07, 6.45) is 5.58. The molecule has 29 heavy (non-hydrogen) atoms. The van der Waals surface area contributed by atoms with Gasteiger partial charge in [-0.2, -0.15) is 0 Å². The standard InChI is InChI=1S/C24H23N3O2/c1-16(28)20-11-12-21(26-15-20)18-6-5-7-19(14-18)24(29)27(2)23(17-9-10-17)22-8-3-4-13-25-22/h3-8,11-15,17,23H,9-10H2,1-2H3/t23-/m1/s1. The van der Waals surface area contributed by atoms with Crippen LogP contribution in [0.15, 0.2) is 67.0 Å². The van der Waals surface area contributed by atoms with Gasteiger partial charge < -0.3 is 4.90 Å². The van der Waals surface area contributed by atoms with Crippen LogP contribution < -0.4 is 0 Å². The number of aromatic nitrogens is 2. The molecular weight excluding hydrogens is 362 g/mol. The van der Waals surface area contributed by atoms with Gasteiger partial charge in [0.1, 0.15) is 0 Å². The lowest BCUT2D eigenvalue weighted by molar-refractivity contribution is 0.0707. The molecule has 0 bridgehead atoms. The van der Waals surface area contributed by atoms with Gasteiger partial charge in [-0.05, 0) is 62.1 Å². The molecule has 0 N–H and O–H groups in total. The molecule has 1 atom stereocenters. The molecule has 1 fully saturated rings. The Labute approximate surface area is 170 Å². The van der Waals surface area contributed by atoms with Gasteiger partial charge in [0.15, 0.2) is 5.78 Å². The summed E-state index contributed by atoms with van der Waals surface area (Å²) in [6, 6.07) is 16.9. The summed E-state index contributed by atoms with van der Waals surface area (Å²) >= 11 is 0. The number of Topliss-reactive ketones (excluding diaryl/α,β-unsaturated/α-hetero) is 1. The minimum absolute atomic E-state index is 0.0136. The van der Waals surface area contributed by atoms with Crippen LogP contribution in [0.2, 0.25) is 0 Å². The highest BCUT2D eigenvalue weighted by Crippen LogP contribution is 2.43. The third-order valence-corrected chi connectivity index (χ3v) is 5.37. The van der Waals surface area contributed by atoms with Gasteiger partial charge in [0, 0.05) is 36.1 Å². The van der Waals surface area contributed by atoms with Gasteiger partial charge in [0.25, 0.3) is 5.91 Å². The second-order valence-electron chi connectivity index (χ2n) is 7.52. The zero-order chi connectivity index (χ0) is 20.4. The quantitative estimate of drug-likeness (QED) is 0.583. The fraction of sp³-hybridized carbons (Fsp3) is 0.250. The Bertz CT molecular complexity index is 1030. The van der Waals surface area contributed by atoms with Crippen molar-refractivity contribution in [2.45, 2.75) is 25.8 Å². The first-order chi connectivity index (χ1) is 14.0. The van der Waals surface area contributed by atoms with Gasteiger partial charge in [0.05, 0.1) is 17.4 Å². The van der Waals surface area contributed by atoms with Crippen LogP contribution in [0.25, 0.3) is 11.3 Å². The minimum atomic E-state index is -0.0326. The number of ketones is 1. The molecule has 0 aliphatic heterocycles. The largest absolute Gasteiger partial charge is 0.333 e. The van der Waals surface area contributed by atoms with Crippen molar-refractivity contribution in [2.24, 2.45) is 5.92 Å². The summed E-state index contributed by atoms with van der Waals surface area (Å²) in [5.74, 6) is 0.410. The van der Waals surface area contributed by atoms with Gasteiger partial charge >= 0.3 is 0 Å². The van der Waals surface area contributed by atoms with Crippen LogP contribution in [-0.2, 0) is 0 Å². The van der Waals surface area contributed by atoms with Crippen molar-refractivity contribution in [2.75, 3.05) is 7.05 Å². The molecule has 1 aliphatic rings. The lowest BCUT2D eigenvalue weighted by Crippen LogP contribution is -2.33. The van der Waals surface area contributed by atoms with Crippen LogP contribution in [0.3, 0.4) is 0 Å². The molecule has 0 unspecified atom stereocenters. The van der Waals surface area contributed by atoms with E-state index in [1.165, 1.54) is 6.92 Å². The van der Waals surface area contributed by atoms with Crippen molar-refractivity contribution in [3.63, 3.8) is 0 Å². The van der Waals surface area contributed by atoms with E-state index in [4.69, 9.17) is 0 Å². The Morgan fingerprint density at radius 1 is 1.00 bits per heavy atom. The summed E-state index contributed by atoms with van der Waals surface area (Å²) in [5.41, 5.74) is 3.70. The smallest absolute Gasteiger partial charge is 0.254 e. The second kappa shape index (κ2) is 7.95. The number of hydrogen-bond acceptors (Lipinski definition) is 4. The zero-order valence-electron chi connectivity index (χ0n) is 16.6. The van der Waals surface area contributed by atoms with Crippen LogP contribution in [0.4, 0.5) is 0 Å². The zero-order valence-corrected chi connectivity index (χ0v) is 16.6. The number of amides is 1. The average Bonchev–Trinajstić information content (AvgIpc) is 3.59. The van der Waals surface area contributed by atoms with E-state index in [0.717, 1.165) is 29.8 Å². The summed E-state index contributed by atoms with van der Waals surface area (Å²) in [5, 5.41) is 0. The number of carbonyl (C=O) groups excluding carboxylic acids is 2. The molecule has 4 rings (SSSR count). The summed E-state index contributed by atoms with van der Waals surface area (Å²) < 4.78 is 0. The van der Waals surface area contributed by atoms with Crippen LogP contribution >= 0.6 is 0 Å². The van der Waals surface area contributed by atoms with E-state index in [2.05, 4.69) is 9.97 Å². The first kappa shape index (κ1) is 19.0. The predicted octanol–water partition coefficient (Wildman–Crippen LogP) is 4.57. The van der Waals surface area contributed by atoms with E-state index in [0.29, 0.717) is 17.0 Å². The molecule has 2 heterocycles. The van der Waals surface area contributed by atoms with E-state index in [9.17, 15) is 9.59 Å². The second-order valence-corrected chi connectivity index (χ2v) is 7.52. The van der Waals surface area contributed by atoms with Gasteiger partial charge in [-0.25, -0.2) is 0 Å². The van der Waals surface area contributed by atoms with Crippen molar-refractivity contribution in [3.05, 3.63) is 83.8 Å². The number of nitrogens with zero attached hydrogens (tertiary/aromatic N) is 3. The summed E-state index contributed by atoms with van der Waals surface area (Å²) in [7, 11) is 1.85. The molecule has 0 saturated heterocycles. The third kappa shape index (κ3) is 4.09. The lowest BCUT2D eigenvalue weighted by atomic mass is 10.0. The molecule has 2 aromatic heterocycles. The Morgan fingerprint density at radius 2 is 1.83 bits per heavy atom. The van der Waals surface area contributed by atoms with E-state index in [-0.39, 0.29) is 17.7 Å². The maximum absolute atomic E-state index is 13.3. The molecule has 0 spiro atoms. The first-order valence-corrected chi connectivity index (χ1v) is 9.80. The molecule has 1 aromatic carbocycles. The van der Waals surface area contributed by atoms with Crippen molar-refractivity contribution < 1.29 is 9.59 Å². The highest BCUT2D eigenvalue weighted by Gasteiger charge is 2.37. The van der Waals surface area contributed by atoms with E-state index < -0.39 is 0 Å². The maximum Gasteiger partial charge on any atom is 0.254 e. The van der Waals surface area contributed by atoms with Crippen molar-refractivity contribution >= 4 is 11.7 Å². The molecule has 5 nitrogen and oxygen atoms in total. The molecule has 3 aromatic rings.